The summed E-state index contributed by atoms with van der Waals surface area (Å²) in [5.41, 5.74) is 8.72. The summed E-state index contributed by atoms with van der Waals surface area (Å²) in [4.78, 5) is 2.42. The van der Waals surface area contributed by atoms with Gasteiger partial charge in [-0.05, 0) is 66.0 Å². The van der Waals surface area contributed by atoms with Crippen molar-refractivity contribution in [3.8, 4) is 5.75 Å². The summed E-state index contributed by atoms with van der Waals surface area (Å²) in [5.74, 6) is 1.63. The molecule has 0 radical (unpaired) electrons. The van der Waals surface area contributed by atoms with Crippen molar-refractivity contribution in [2.45, 2.75) is 57.4 Å². The van der Waals surface area contributed by atoms with E-state index in [2.05, 4.69) is 44.5 Å². The van der Waals surface area contributed by atoms with Gasteiger partial charge in [0.25, 0.3) is 0 Å². The van der Waals surface area contributed by atoms with E-state index < -0.39 is 0 Å². The first-order valence-electron chi connectivity index (χ1n) is 14.7. The van der Waals surface area contributed by atoms with Crippen LogP contribution < -0.4 is 10.5 Å². The van der Waals surface area contributed by atoms with Gasteiger partial charge in [-0.2, -0.15) is 0 Å². The maximum absolute atomic E-state index is 14.3. The minimum atomic E-state index is -0.371. The highest BCUT2D eigenvalue weighted by Gasteiger charge is 2.27. The average molecular weight is 618 g/mol. The minimum Gasteiger partial charge on any atom is -0.494 e. The molecule has 230 valence electrons. The van der Waals surface area contributed by atoms with Crippen LogP contribution in [0.3, 0.4) is 0 Å². The van der Waals surface area contributed by atoms with Gasteiger partial charge in [-0.25, -0.2) is 4.39 Å². The maximum Gasteiger partial charge on any atom is 0.142 e. The van der Waals surface area contributed by atoms with Crippen LogP contribution in [0.25, 0.3) is 0 Å². The third kappa shape index (κ3) is 12.0. The SMILES string of the molecule is CF.CP.N=C(N)Cc1cccc(OCCCN(Cc2cccc(F)c2Cl)CC(c2ccccc2)C2CCCCC2)c1. The Kier molecular flexibility index (Phi) is 17.3. The highest BCUT2D eigenvalue weighted by molar-refractivity contribution is 7.15. The Labute approximate surface area is 258 Å². The Morgan fingerprint density at radius 2 is 1.71 bits per heavy atom. The van der Waals surface area contributed by atoms with E-state index in [0.717, 1.165) is 36.4 Å². The second-order valence-electron chi connectivity index (χ2n) is 10.4. The lowest BCUT2D eigenvalue weighted by atomic mass is 9.76. The van der Waals surface area contributed by atoms with Gasteiger partial charge >= 0.3 is 0 Å². The van der Waals surface area contributed by atoms with Crippen molar-refractivity contribution in [3.63, 3.8) is 0 Å². The molecule has 4 nitrogen and oxygen atoms in total. The number of hydrogen-bond acceptors (Lipinski definition) is 3. The number of rotatable bonds is 13. The molecule has 1 fully saturated rings. The molecule has 0 saturated heterocycles. The molecule has 2 unspecified atom stereocenters. The number of alkyl halides is 1. The smallest absolute Gasteiger partial charge is 0.142 e. The van der Waals surface area contributed by atoms with E-state index in [1.807, 2.05) is 37.0 Å². The predicted octanol–water partition coefficient (Wildman–Crippen LogP) is 8.67. The van der Waals surface area contributed by atoms with Gasteiger partial charge in [0, 0.05) is 26.1 Å². The van der Waals surface area contributed by atoms with Gasteiger partial charge in [0.15, 0.2) is 0 Å². The average Bonchev–Trinajstić information content (AvgIpc) is 3.03. The van der Waals surface area contributed by atoms with Crippen molar-refractivity contribution >= 4 is 26.7 Å². The van der Waals surface area contributed by atoms with Crippen molar-refractivity contribution in [1.29, 1.82) is 5.41 Å². The van der Waals surface area contributed by atoms with Crippen LogP contribution >= 0.6 is 20.8 Å². The molecule has 0 bridgehead atoms. The molecule has 2 atom stereocenters. The molecule has 3 N–H and O–H groups in total. The molecule has 0 heterocycles. The highest BCUT2D eigenvalue weighted by atomic mass is 35.5. The zero-order valence-electron chi connectivity index (χ0n) is 25.0. The first-order chi connectivity index (χ1) is 20.5. The lowest BCUT2D eigenvalue weighted by Crippen LogP contribution is -2.33. The number of hydrogen-bond donors (Lipinski definition) is 2. The van der Waals surface area contributed by atoms with Crippen LogP contribution in [0.4, 0.5) is 8.78 Å². The standard InChI is InChI=1S/C32H39ClFN3O.CH3F.CH5P/c33-32-27(15-8-17-30(32)34)22-37(18-9-19-38-28-16-7-10-24(20-28)21-31(35)36)23-29(25-11-3-1-4-12-25)26-13-5-2-6-14-26;2*1-2/h1,3-4,7-8,10-12,15-17,20,26,29H,2,5-6,9,13-14,18-19,21-23H2,(H3,35,36);1H3;2H2,1H3. The van der Waals surface area contributed by atoms with E-state index in [1.54, 1.807) is 6.07 Å². The molecule has 0 spiro atoms. The number of nitrogens with two attached hydrogens (primary N) is 1. The van der Waals surface area contributed by atoms with Crippen LogP contribution in [0, 0.1) is 17.1 Å². The third-order valence-electron chi connectivity index (χ3n) is 7.51. The van der Waals surface area contributed by atoms with E-state index in [0.29, 0.717) is 38.6 Å². The zero-order valence-corrected chi connectivity index (χ0v) is 26.9. The van der Waals surface area contributed by atoms with Crippen LogP contribution in [-0.2, 0) is 13.0 Å². The summed E-state index contributed by atoms with van der Waals surface area (Å²) in [6.07, 6.45) is 7.67. The number of halogens is 3. The maximum atomic E-state index is 14.3. The third-order valence-corrected chi connectivity index (χ3v) is 7.93. The molecule has 3 aromatic rings. The van der Waals surface area contributed by atoms with Crippen molar-refractivity contribution in [1.82, 2.24) is 4.90 Å². The molecule has 0 amide bonds. The summed E-state index contributed by atoms with van der Waals surface area (Å²) in [5, 5.41) is 7.74. The summed E-state index contributed by atoms with van der Waals surface area (Å²) in [6, 6.07) is 23.7. The van der Waals surface area contributed by atoms with Crippen molar-refractivity contribution < 1.29 is 13.5 Å². The first kappa shape index (κ1) is 35.7. The molecule has 1 aliphatic carbocycles. The predicted molar refractivity (Wildman–Crippen MR) is 177 cm³/mol. The van der Waals surface area contributed by atoms with Gasteiger partial charge < -0.3 is 10.5 Å². The van der Waals surface area contributed by atoms with E-state index in [1.165, 1.54) is 43.7 Å². The minimum absolute atomic E-state index is 0.139. The fraction of sp³-hybridized carbons (Fsp3) is 0.441. The van der Waals surface area contributed by atoms with E-state index in [-0.39, 0.29) is 16.7 Å². The molecule has 42 heavy (non-hydrogen) atoms. The van der Waals surface area contributed by atoms with E-state index >= 15 is 0 Å². The Hall–Kier alpha value is -2.53. The number of nitrogens with zero attached hydrogens (tertiary/aromatic N) is 1. The van der Waals surface area contributed by atoms with Crippen molar-refractivity contribution in [2.24, 2.45) is 11.7 Å². The topological polar surface area (TPSA) is 62.3 Å². The Morgan fingerprint density at radius 3 is 2.40 bits per heavy atom. The molecule has 1 aliphatic rings. The number of ether oxygens (including phenoxy) is 1. The van der Waals surface area contributed by atoms with Gasteiger partial charge in [0.1, 0.15) is 11.6 Å². The molecular formula is C34H47ClF2N3OP. The van der Waals surface area contributed by atoms with Crippen molar-refractivity contribution in [3.05, 3.63) is 100 Å². The fourth-order valence-electron chi connectivity index (χ4n) is 5.63. The Morgan fingerprint density at radius 1 is 1.02 bits per heavy atom. The van der Waals surface area contributed by atoms with Crippen LogP contribution in [0.1, 0.15) is 61.1 Å². The summed E-state index contributed by atoms with van der Waals surface area (Å²) >= 11 is 6.38. The lowest BCUT2D eigenvalue weighted by molar-refractivity contribution is 0.184. The van der Waals surface area contributed by atoms with Crippen LogP contribution in [0.5, 0.6) is 5.75 Å². The second-order valence-corrected chi connectivity index (χ2v) is 10.8. The Bertz CT molecular complexity index is 1180. The highest BCUT2D eigenvalue weighted by Crippen LogP contribution is 2.37. The van der Waals surface area contributed by atoms with Gasteiger partial charge in [0.05, 0.1) is 24.6 Å². The normalized spacial score (nSPS) is 13.8. The van der Waals surface area contributed by atoms with Gasteiger partial charge in [0.2, 0.25) is 0 Å². The van der Waals surface area contributed by atoms with Crippen LogP contribution in [-0.4, -0.2) is 44.3 Å². The monoisotopic (exact) mass is 617 g/mol. The van der Waals surface area contributed by atoms with Crippen LogP contribution in [0.15, 0.2) is 72.8 Å². The number of nitrogens with one attached hydrogen (secondary N) is 1. The molecule has 4 rings (SSSR count). The summed E-state index contributed by atoms with van der Waals surface area (Å²) < 4.78 is 29.8. The second kappa shape index (κ2) is 20.4. The number of amidine groups is 1. The lowest BCUT2D eigenvalue weighted by Gasteiger charge is -2.35. The summed E-state index contributed by atoms with van der Waals surface area (Å²) in [7, 11) is 2.92. The largest absolute Gasteiger partial charge is 0.494 e. The molecule has 0 aliphatic heterocycles. The Balaban J connectivity index is 0.00000148. The van der Waals surface area contributed by atoms with Gasteiger partial charge in [-0.15, -0.1) is 9.24 Å². The van der Waals surface area contributed by atoms with E-state index in [9.17, 15) is 8.78 Å². The van der Waals surface area contributed by atoms with Gasteiger partial charge in [-0.3, -0.25) is 14.7 Å². The first-order valence-corrected chi connectivity index (χ1v) is 16.2. The van der Waals surface area contributed by atoms with Gasteiger partial charge in [-0.1, -0.05) is 92.1 Å². The van der Waals surface area contributed by atoms with Crippen molar-refractivity contribution in [2.75, 3.05) is 33.5 Å². The molecule has 8 heteroatoms. The number of benzene rings is 3. The fourth-order valence-corrected chi connectivity index (χ4v) is 5.82. The van der Waals surface area contributed by atoms with Crippen LogP contribution in [0.2, 0.25) is 5.02 Å². The molecule has 0 aromatic heterocycles. The molecule has 3 aromatic carbocycles. The van der Waals surface area contributed by atoms with E-state index in [4.69, 9.17) is 27.5 Å². The summed E-state index contributed by atoms with van der Waals surface area (Å²) in [6.45, 7) is 4.79. The molecular weight excluding hydrogens is 571 g/mol. The quantitative estimate of drug-likeness (QED) is 0.0873. The zero-order chi connectivity index (χ0) is 30.7. The molecule has 1 saturated carbocycles.